The molecule has 1 aliphatic carbocycles. The Balaban J connectivity index is 0.000000195. The van der Waals surface area contributed by atoms with Crippen molar-refractivity contribution in [1.29, 1.82) is 0 Å². The minimum absolute atomic E-state index is 0.355. The van der Waals surface area contributed by atoms with Crippen LogP contribution in [0.5, 0.6) is 5.75 Å². The van der Waals surface area contributed by atoms with Crippen LogP contribution in [0, 0.1) is 48.2 Å². The average Bonchev–Trinajstić information content (AvgIpc) is 3.19. The first-order valence-electron chi connectivity index (χ1n) is 14.7. The molecule has 224 valence electrons. The molecule has 0 radical (unpaired) electrons. The molecule has 2 fully saturated rings. The van der Waals surface area contributed by atoms with E-state index in [0.717, 1.165) is 37.2 Å². The van der Waals surface area contributed by atoms with Crippen molar-refractivity contribution < 1.29 is 18.3 Å². The van der Waals surface area contributed by atoms with Gasteiger partial charge in [-0.15, -0.1) is 0 Å². The van der Waals surface area contributed by atoms with Crippen LogP contribution in [0.15, 0.2) is 48.5 Å². The van der Waals surface area contributed by atoms with Gasteiger partial charge in [-0.1, -0.05) is 35.4 Å². The van der Waals surface area contributed by atoms with Gasteiger partial charge < -0.3 is 9.80 Å². The van der Waals surface area contributed by atoms with E-state index in [1.807, 2.05) is 28.9 Å². The Bertz CT molecular complexity index is 1250. The third-order valence-electron chi connectivity index (χ3n) is 7.91. The Morgan fingerprint density at radius 1 is 0.732 bits per heavy atom. The molecule has 3 nitrogen and oxygen atoms in total. The van der Waals surface area contributed by atoms with Crippen LogP contribution in [-0.4, -0.2) is 23.8 Å². The second-order valence-electron chi connectivity index (χ2n) is 11.6. The third-order valence-corrected chi connectivity index (χ3v) is 9.74. The normalized spacial score (nSPS) is 16.1. The summed E-state index contributed by atoms with van der Waals surface area (Å²) in [5.41, 5.74) is 11.9. The summed E-state index contributed by atoms with van der Waals surface area (Å²) in [6, 6.07) is 17.2. The van der Waals surface area contributed by atoms with Crippen LogP contribution in [-0.2, 0) is 13.5 Å². The van der Waals surface area contributed by atoms with E-state index in [0.29, 0.717) is 6.10 Å². The van der Waals surface area contributed by atoms with E-state index in [9.17, 15) is 0 Å². The molecule has 0 spiro atoms. The van der Waals surface area contributed by atoms with E-state index in [1.165, 1.54) is 70.4 Å². The molecule has 3 aromatic carbocycles. The second-order valence-corrected chi connectivity index (χ2v) is 17.3. The van der Waals surface area contributed by atoms with Crippen LogP contribution in [0.3, 0.4) is 0 Å². The molecule has 0 N–H and O–H groups in total. The molecule has 6 heteroatoms. The van der Waals surface area contributed by atoms with Crippen molar-refractivity contribution in [3.63, 3.8) is 0 Å². The van der Waals surface area contributed by atoms with Crippen molar-refractivity contribution in [3.8, 4) is 5.75 Å². The number of para-hydroxylation sites is 1. The van der Waals surface area contributed by atoms with Gasteiger partial charge in [0.2, 0.25) is 0 Å². The van der Waals surface area contributed by atoms with Gasteiger partial charge in [-0.3, -0.25) is 0 Å². The summed E-state index contributed by atoms with van der Waals surface area (Å²) in [6.07, 6.45) is 7.92. The van der Waals surface area contributed by atoms with Gasteiger partial charge in [0.1, 0.15) is 0 Å². The molecular formula is C35H45Cl2N2ORu-. The topological polar surface area (TPSA) is 15.7 Å². The molecule has 1 saturated carbocycles. The van der Waals surface area contributed by atoms with Gasteiger partial charge in [0.05, 0.1) is 0 Å². The van der Waals surface area contributed by atoms with Gasteiger partial charge in [-0.05, 0) is 63.8 Å². The number of rotatable bonds is 5. The minimum atomic E-state index is -1.79. The van der Waals surface area contributed by atoms with E-state index in [-0.39, 0.29) is 0 Å². The maximum atomic E-state index is 6.14. The van der Waals surface area contributed by atoms with E-state index in [2.05, 4.69) is 82.3 Å². The van der Waals surface area contributed by atoms with Crippen LogP contribution in [0.2, 0.25) is 0 Å². The zero-order valence-electron chi connectivity index (χ0n) is 25.4. The van der Waals surface area contributed by atoms with E-state index >= 15 is 0 Å². The van der Waals surface area contributed by atoms with Gasteiger partial charge in [-0.25, -0.2) is 0 Å². The fourth-order valence-corrected chi connectivity index (χ4v) is 8.19. The molecule has 41 heavy (non-hydrogen) atoms. The first-order chi connectivity index (χ1) is 19.6. The number of anilines is 2. The van der Waals surface area contributed by atoms with Crippen molar-refractivity contribution in [3.05, 3.63) is 94.1 Å². The summed E-state index contributed by atoms with van der Waals surface area (Å²) in [4.78, 5) is 4.81. The fraction of sp³-hybridized carbons (Fsp3) is 0.429. The number of benzene rings is 3. The summed E-state index contributed by atoms with van der Waals surface area (Å²) in [7, 11) is 11.9. The molecule has 1 aliphatic heterocycles. The predicted molar refractivity (Wildman–Crippen MR) is 176 cm³/mol. The van der Waals surface area contributed by atoms with E-state index in [4.69, 9.17) is 24.1 Å². The van der Waals surface area contributed by atoms with Crippen LogP contribution in [0.1, 0.15) is 77.5 Å². The first-order valence-corrected chi connectivity index (χ1v) is 20.2. The van der Waals surface area contributed by atoms with Crippen molar-refractivity contribution in [2.45, 2.75) is 86.2 Å². The molecule has 0 amide bonds. The molecule has 1 saturated heterocycles. The third kappa shape index (κ3) is 8.82. The zero-order valence-corrected chi connectivity index (χ0v) is 28.7. The monoisotopic (exact) mass is 681 g/mol. The predicted octanol–water partition coefficient (Wildman–Crippen LogP) is 9.85. The average molecular weight is 682 g/mol. The Morgan fingerprint density at radius 2 is 1.20 bits per heavy atom. The summed E-state index contributed by atoms with van der Waals surface area (Å²) in [5.74, 6) is 0.935. The quantitative estimate of drug-likeness (QED) is 0.152. The summed E-state index contributed by atoms with van der Waals surface area (Å²) in [6.45, 7) is 17.6. The molecule has 0 atom stereocenters. The number of aryl methyl sites for hydroxylation is 6. The van der Waals surface area contributed by atoms with E-state index < -0.39 is 13.5 Å². The first kappa shape index (κ1) is 32.1. The zero-order chi connectivity index (χ0) is 29.5. The number of hydrogen-bond acceptors (Lipinski definition) is 3. The Morgan fingerprint density at radius 3 is 1.66 bits per heavy atom. The fourth-order valence-electron chi connectivity index (χ4n) is 6.38. The van der Waals surface area contributed by atoms with Gasteiger partial charge in [0.15, 0.2) is 0 Å². The Labute approximate surface area is 261 Å². The molecule has 0 aromatic heterocycles. The van der Waals surface area contributed by atoms with E-state index in [1.54, 1.807) is 0 Å². The summed E-state index contributed by atoms with van der Waals surface area (Å²) in [5, 5.41) is 0. The van der Waals surface area contributed by atoms with Crippen molar-refractivity contribution in [2.75, 3.05) is 22.9 Å². The standard InChI is InChI=1S/C21H27N2.C14H18O.2ClH.Ru/c1-14-9-16(3)20(17(4)10-14)22-7-8-23(13-22)21-18(5)11-15(2)12-19(21)6;1-12-8-6-7-11-14(12)15-13-9-4-2-3-5-10-13;;;/h9-13H,7-8H2,1-6H3;1,6-8,11,13H,2-5,9-10H2;2*1H;/q-1;;;;+2/p-2. The number of hydrogen-bond donors (Lipinski definition) is 0. The van der Waals surface area contributed by atoms with Gasteiger partial charge >= 0.3 is 122 Å². The molecule has 2 aliphatic rings. The van der Waals surface area contributed by atoms with Crippen LogP contribution >= 0.6 is 19.4 Å². The summed E-state index contributed by atoms with van der Waals surface area (Å²) < 4.78 is 8.10. The SMILES string of the molecule is Cc1cc(C)c(N2[CH-]N(c3c(C)cc(C)cc3C)CC2)c(C)c1.[Cl][Ru]([Cl])=[CH]c1ccccc1OC1CCCCCC1. The van der Waals surface area contributed by atoms with Crippen molar-refractivity contribution >= 4 is 35.4 Å². The van der Waals surface area contributed by atoms with Gasteiger partial charge in [0.25, 0.3) is 0 Å². The van der Waals surface area contributed by atoms with Crippen molar-refractivity contribution in [1.82, 2.24) is 0 Å². The molecule has 0 unspecified atom stereocenters. The molecule has 1 heterocycles. The Hall–Kier alpha value is -1.87. The second kappa shape index (κ2) is 15.0. The summed E-state index contributed by atoms with van der Waals surface area (Å²) >= 11 is -1.79. The van der Waals surface area contributed by atoms with Crippen LogP contribution in [0.25, 0.3) is 0 Å². The van der Waals surface area contributed by atoms with Gasteiger partial charge in [-0.2, -0.15) is 6.67 Å². The molecule has 0 bridgehead atoms. The number of nitrogens with zero attached hydrogens (tertiary/aromatic N) is 2. The van der Waals surface area contributed by atoms with Crippen LogP contribution < -0.4 is 14.5 Å². The van der Waals surface area contributed by atoms with Crippen molar-refractivity contribution in [2.24, 2.45) is 0 Å². The molecule has 5 rings (SSSR count). The maximum absolute atomic E-state index is 6.14. The van der Waals surface area contributed by atoms with Gasteiger partial charge in [0, 0.05) is 24.5 Å². The number of halogens is 2. The van der Waals surface area contributed by atoms with Crippen LogP contribution in [0.4, 0.5) is 11.4 Å². The molecule has 3 aromatic rings. The molecular weight excluding hydrogens is 636 g/mol. The Kier molecular flexibility index (Phi) is 11.8. The number of ether oxygens (including phenoxy) is 1.